The first kappa shape index (κ1) is 15.2. The smallest absolute Gasteiger partial charge is 0.368 e. The molecule has 0 aliphatic carbocycles. The number of rotatable bonds is 3. The minimum atomic E-state index is -4.44. The summed E-state index contributed by atoms with van der Waals surface area (Å²) in [6.07, 6.45) is -2.64. The molecule has 2 rings (SSSR count). The van der Waals surface area contributed by atoms with Crippen molar-refractivity contribution in [3.8, 4) is 0 Å². The van der Waals surface area contributed by atoms with Gasteiger partial charge in [-0.1, -0.05) is 23.7 Å². The van der Waals surface area contributed by atoms with E-state index >= 15 is 0 Å². The maximum Gasteiger partial charge on any atom is 0.419 e. The highest BCUT2D eigenvalue weighted by atomic mass is 35.5. The Labute approximate surface area is 121 Å². The van der Waals surface area contributed by atoms with E-state index in [0.717, 1.165) is 19.6 Å². The molecule has 20 heavy (non-hydrogen) atoms. The Morgan fingerprint density at radius 3 is 2.40 bits per heavy atom. The monoisotopic (exact) mass is 304 g/mol. The Morgan fingerprint density at radius 2 is 1.85 bits per heavy atom. The van der Waals surface area contributed by atoms with Crippen LogP contribution in [0.25, 0.3) is 0 Å². The number of anilines is 1. The summed E-state index contributed by atoms with van der Waals surface area (Å²) in [4.78, 5) is 3.90. The van der Waals surface area contributed by atoms with Crippen molar-refractivity contribution in [3.63, 3.8) is 0 Å². The lowest BCUT2D eigenvalue weighted by molar-refractivity contribution is -0.137. The second-order valence-corrected chi connectivity index (χ2v) is 5.12. The average Bonchev–Trinajstić information content (AvgIpc) is 2.38. The van der Waals surface area contributed by atoms with E-state index in [9.17, 15) is 13.2 Å². The minimum Gasteiger partial charge on any atom is -0.368 e. The normalized spacial score (nSPS) is 17.3. The van der Waals surface area contributed by atoms with Crippen LogP contribution in [-0.4, -0.2) is 37.6 Å². The summed E-state index contributed by atoms with van der Waals surface area (Å²) >= 11 is 5.74. The molecule has 0 N–H and O–H groups in total. The summed E-state index contributed by atoms with van der Waals surface area (Å²) < 4.78 is 39.4. The van der Waals surface area contributed by atoms with Gasteiger partial charge in [0.15, 0.2) is 0 Å². The van der Waals surface area contributed by atoms with Crippen LogP contribution >= 0.6 is 11.6 Å². The molecule has 6 heteroatoms. The van der Waals surface area contributed by atoms with Gasteiger partial charge in [0.2, 0.25) is 0 Å². The zero-order valence-corrected chi connectivity index (χ0v) is 11.7. The molecule has 0 radical (unpaired) electrons. The Kier molecular flexibility index (Phi) is 4.60. The van der Waals surface area contributed by atoms with Gasteiger partial charge in [0.05, 0.1) is 16.3 Å². The van der Waals surface area contributed by atoms with Crippen LogP contribution in [0.2, 0.25) is 5.02 Å². The largest absolute Gasteiger partial charge is 0.419 e. The van der Waals surface area contributed by atoms with Crippen LogP contribution in [0.15, 0.2) is 30.9 Å². The first-order chi connectivity index (χ1) is 9.43. The zero-order chi connectivity index (χ0) is 14.8. The summed E-state index contributed by atoms with van der Waals surface area (Å²) in [5.74, 6) is 0. The number of hydrogen-bond donors (Lipinski definition) is 0. The van der Waals surface area contributed by atoms with Crippen molar-refractivity contribution in [2.75, 3.05) is 37.6 Å². The van der Waals surface area contributed by atoms with E-state index < -0.39 is 11.7 Å². The zero-order valence-electron chi connectivity index (χ0n) is 11.0. The van der Waals surface area contributed by atoms with E-state index in [1.807, 2.05) is 0 Å². The van der Waals surface area contributed by atoms with Crippen LogP contribution in [-0.2, 0) is 6.18 Å². The molecule has 1 aromatic rings. The maximum atomic E-state index is 13.1. The maximum absolute atomic E-state index is 13.1. The number of hydrogen-bond acceptors (Lipinski definition) is 2. The first-order valence-electron chi connectivity index (χ1n) is 6.37. The van der Waals surface area contributed by atoms with Gasteiger partial charge in [-0.05, 0) is 12.1 Å². The summed E-state index contributed by atoms with van der Waals surface area (Å²) in [6, 6.07) is 4.32. The lowest BCUT2D eigenvalue weighted by atomic mass is 10.1. The molecule has 1 aromatic carbocycles. The van der Waals surface area contributed by atoms with Gasteiger partial charge in [-0.25, -0.2) is 0 Å². The van der Waals surface area contributed by atoms with Gasteiger partial charge in [0.1, 0.15) is 0 Å². The number of benzene rings is 1. The Bertz CT molecular complexity index is 480. The molecule has 0 atom stereocenters. The lowest BCUT2D eigenvalue weighted by Crippen LogP contribution is -2.46. The second kappa shape index (κ2) is 6.06. The van der Waals surface area contributed by atoms with Gasteiger partial charge in [-0.15, -0.1) is 6.58 Å². The third kappa shape index (κ3) is 3.27. The van der Waals surface area contributed by atoms with E-state index in [4.69, 9.17) is 11.6 Å². The van der Waals surface area contributed by atoms with Gasteiger partial charge >= 0.3 is 6.18 Å². The highest BCUT2D eigenvalue weighted by Crippen LogP contribution is 2.41. The van der Waals surface area contributed by atoms with Gasteiger partial charge in [-0.2, -0.15) is 13.2 Å². The number of alkyl halides is 3. The van der Waals surface area contributed by atoms with Crippen molar-refractivity contribution in [1.29, 1.82) is 0 Å². The predicted octanol–water partition coefficient (Wildman–Crippen LogP) is 3.67. The molecule has 1 aliphatic heterocycles. The van der Waals surface area contributed by atoms with Crippen molar-refractivity contribution in [1.82, 2.24) is 4.90 Å². The molecular weight excluding hydrogens is 289 g/mol. The van der Waals surface area contributed by atoms with Crippen LogP contribution in [0, 0.1) is 0 Å². The summed E-state index contributed by atoms with van der Waals surface area (Å²) in [6.45, 7) is 6.97. The first-order valence-corrected chi connectivity index (χ1v) is 6.75. The number of piperazine rings is 1. The quantitative estimate of drug-likeness (QED) is 0.786. The molecule has 0 aromatic heterocycles. The van der Waals surface area contributed by atoms with E-state index in [1.54, 1.807) is 17.0 Å². The van der Waals surface area contributed by atoms with Crippen LogP contribution in [0.1, 0.15) is 5.56 Å². The van der Waals surface area contributed by atoms with Gasteiger partial charge in [0.25, 0.3) is 0 Å². The van der Waals surface area contributed by atoms with E-state index in [0.29, 0.717) is 13.1 Å². The van der Waals surface area contributed by atoms with Gasteiger partial charge in [-0.3, -0.25) is 4.90 Å². The standard InChI is InChI=1S/C14H16ClF3N2/c1-2-6-19-7-9-20(10-8-19)12-5-3-4-11(15)13(12)14(16,17)18/h2-5H,1,6-10H2. The average molecular weight is 305 g/mol. The summed E-state index contributed by atoms with van der Waals surface area (Å²) in [5, 5.41) is -0.247. The van der Waals surface area contributed by atoms with E-state index in [1.165, 1.54) is 12.1 Å². The van der Waals surface area contributed by atoms with Crippen molar-refractivity contribution in [2.45, 2.75) is 6.18 Å². The Balaban J connectivity index is 2.22. The highest BCUT2D eigenvalue weighted by Gasteiger charge is 2.37. The summed E-state index contributed by atoms with van der Waals surface area (Å²) in [7, 11) is 0. The van der Waals surface area contributed by atoms with Crippen LogP contribution < -0.4 is 4.90 Å². The Morgan fingerprint density at radius 1 is 1.20 bits per heavy atom. The predicted molar refractivity (Wildman–Crippen MR) is 75.3 cm³/mol. The van der Waals surface area contributed by atoms with E-state index in [2.05, 4.69) is 11.5 Å². The highest BCUT2D eigenvalue weighted by molar-refractivity contribution is 6.31. The van der Waals surface area contributed by atoms with Crippen LogP contribution in [0.4, 0.5) is 18.9 Å². The van der Waals surface area contributed by atoms with Crippen molar-refractivity contribution in [2.24, 2.45) is 0 Å². The minimum absolute atomic E-state index is 0.170. The van der Waals surface area contributed by atoms with Crippen LogP contribution in [0.5, 0.6) is 0 Å². The molecule has 1 heterocycles. The molecule has 1 fully saturated rings. The van der Waals surface area contributed by atoms with Gasteiger partial charge in [0, 0.05) is 32.7 Å². The Hall–Kier alpha value is -1.20. The second-order valence-electron chi connectivity index (χ2n) is 4.71. The fourth-order valence-electron chi connectivity index (χ4n) is 2.41. The molecular formula is C14H16ClF3N2. The van der Waals surface area contributed by atoms with Gasteiger partial charge < -0.3 is 4.90 Å². The third-order valence-corrected chi connectivity index (χ3v) is 3.69. The molecule has 1 aliphatic rings. The fraction of sp³-hybridized carbons (Fsp3) is 0.429. The molecule has 0 bridgehead atoms. The van der Waals surface area contributed by atoms with E-state index in [-0.39, 0.29) is 10.7 Å². The number of nitrogens with zero attached hydrogens (tertiary/aromatic N) is 2. The van der Waals surface area contributed by atoms with Crippen LogP contribution in [0.3, 0.4) is 0 Å². The molecule has 0 spiro atoms. The van der Waals surface area contributed by atoms with Crippen molar-refractivity contribution < 1.29 is 13.2 Å². The molecule has 2 nitrogen and oxygen atoms in total. The SMILES string of the molecule is C=CCN1CCN(c2cccc(Cl)c2C(F)(F)F)CC1. The summed E-state index contributed by atoms with van der Waals surface area (Å²) in [5.41, 5.74) is -0.568. The number of halogens is 4. The molecule has 0 amide bonds. The van der Waals surface area contributed by atoms with Crippen molar-refractivity contribution in [3.05, 3.63) is 41.4 Å². The molecule has 110 valence electrons. The topological polar surface area (TPSA) is 6.48 Å². The molecule has 1 saturated heterocycles. The third-order valence-electron chi connectivity index (χ3n) is 3.38. The fourth-order valence-corrected chi connectivity index (χ4v) is 2.69. The molecule has 0 saturated carbocycles. The lowest BCUT2D eigenvalue weighted by Gasteiger charge is -2.36. The van der Waals surface area contributed by atoms with Crippen molar-refractivity contribution >= 4 is 17.3 Å². The molecule has 0 unspecified atom stereocenters.